The summed E-state index contributed by atoms with van der Waals surface area (Å²) in [7, 11) is 0. The molecule has 1 aliphatic rings. The van der Waals surface area contributed by atoms with Gasteiger partial charge in [0.2, 0.25) is 5.91 Å². The summed E-state index contributed by atoms with van der Waals surface area (Å²) in [5.41, 5.74) is 0.207. The number of halogens is 3. The number of rotatable bonds is 5. The number of hydrogen-bond donors (Lipinski definition) is 2. The lowest BCUT2D eigenvalue weighted by atomic mass is 9.70. The average molecular weight is 252 g/mol. The van der Waals surface area contributed by atoms with Crippen molar-refractivity contribution >= 4 is 5.91 Å². The number of amides is 1. The van der Waals surface area contributed by atoms with E-state index in [0.717, 1.165) is 12.8 Å². The summed E-state index contributed by atoms with van der Waals surface area (Å²) in [6.07, 6.45) is -0.948. The normalized spacial score (nSPS) is 20.5. The highest BCUT2D eigenvalue weighted by Crippen LogP contribution is 2.39. The lowest BCUT2D eigenvalue weighted by Crippen LogP contribution is -2.49. The molecule has 6 heteroatoms. The van der Waals surface area contributed by atoms with Gasteiger partial charge in [-0.15, -0.1) is 0 Å². The summed E-state index contributed by atoms with van der Waals surface area (Å²) < 4.78 is 35.6. The minimum Gasteiger partial charge on any atom is -0.346 e. The van der Waals surface area contributed by atoms with Gasteiger partial charge in [-0.2, -0.15) is 13.2 Å². The Morgan fingerprint density at radius 1 is 1.41 bits per heavy atom. The van der Waals surface area contributed by atoms with Gasteiger partial charge in [-0.3, -0.25) is 4.79 Å². The summed E-state index contributed by atoms with van der Waals surface area (Å²) >= 11 is 0. The molecule has 0 aromatic heterocycles. The molecule has 1 saturated carbocycles. The zero-order valence-corrected chi connectivity index (χ0v) is 10.2. The number of alkyl halides is 3. The van der Waals surface area contributed by atoms with Gasteiger partial charge < -0.3 is 10.6 Å². The molecule has 1 rings (SSSR count). The summed E-state index contributed by atoms with van der Waals surface area (Å²) in [5, 5.41) is 4.85. The van der Waals surface area contributed by atoms with Crippen molar-refractivity contribution in [1.29, 1.82) is 0 Å². The van der Waals surface area contributed by atoms with Crippen LogP contribution in [0.3, 0.4) is 0 Å². The molecule has 0 aliphatic heterocycles. The van der Waals surface area contributed by atoms with Crippen LogP contribution >= 0.6 is 0 Å². The van der Waals surface area contributed by atoms with E-state index in [0.29, 0.717) is 6.54 Å². The fourth-order valence-corrected chi connectivity index (χ4v) is 1.79. The van der Waals surface area contributed by atoms with Crippen LogP contribution in [0.5, 0.6) is 0 Å². The van der Waals surface area contributed by atoms with Crippen LogP contribution in [-0.4, -0.2) is 31.2 Å². The first-order valence-corrected chi connectivity index (χ1v) is 5.80. The number of carbonyl (C=O) groups excluding carboxylic acids is 1. The average Bonchev–Trinajstić information content (AvgIpc) is 2.18. The summed E-state index contributed by atoms with van der Waals surface area (Å²) in [4.78, 5) is 11.3. The van der Waals surface area contributed by atoms with Gasteiger partial charge in [-0.25, -0.2) is 0 Å². The molecule has 100 valence electrons. The topological polar surface area (TPSA) is 41.1 Å². The fraction of sp³-hybridized carbons (Fsp3) is 0.909. The molecule has 3 nitrogen and oxygen atoms in total. The SMILES string of the molecule is CC(NCC1(C)CCC1)C(=O)NCC(F)(F)F. The van der Waals surface area contributed by atoms with Crippen molar-refractivity contribution in [2.45, 2.75) is 45.3 Å². The summed E-state index contributed by atoms with van der Waals surface area (Å²) in [5.74, 6) is -0.606. The number of hydrogen-bond acceptors (Lipinski definition) is 2. The van der Waals surface area contributed by atoms with Crippen LogP contribution in [0.1, 0.15) is 33.1 Å². The second kappa shape index (κ2) is 5.25. The minimum absolute atomic E-state index is 0.207. The molecule has 2 N–H and O–H groups in total. The first-order valence-electron chi connectivity index (χ1n) is 5.80. The van der Waals surface area contributed by atoms with Crippen LogP contribution < -0.4 is 10.6 Å². The Balaban J connectivity index is 2.22. The van der Waals surface area contributed by atoms with E-state index in [-0.39, 0.29) is 5.41 Å². The molecule has 0 spiro atoms. The maximum atomic E-state index is 11.9. The highest BCUT2D eigenvalue weighted by atomic mass is 19.4. The Labute approximate surface area is 99.1 Å². The lowest BCUT2D eigenvalue weighted by Gasteiger charge is -2.39. The second-order valence-corrected chi connectivity index (χ2v) is 5.10. The van der Waals surface area contributed by atoms with Crippen LogP contribution in [0.2, 0.25) is 0 Å². The van der Waals surface area contributed by atoms with Crippen molar-refractivity contribution in [1.82, 2.24) is 10.6 Å². The molecule has 1 atom stereocenters. The number of carbonyl (C=O) groups is 1. The van der Waals surface area contributed by atoms with Crippen molar-refractivity contribution < 1.29 is 18.0 Å². The van der Waals surface area contributed by atoms with Crippen LogP contribution in [0.4, 0.5) is 13.2 Å². The van der Waals surface area contributed by atoms with Gasteiger partial charge in [0.15, 0.2) is 0 Å². The Hall–Kier alpha value is -0.780. The van der Waals surface area contributed by atoms with Crippen LogP contribution in [0, 0.1) is 5.41 Å². The molecule has 0 bridgehead atoms. The first-order chi connectivity index (χ1) is 7.72. The highest BCUT2D eigenvalue weighted by Gasteiger charge is 2.33. The zero-order valence-electron chi connectivity index (χ0n) is 10.2. The molecular weight excluding hydrogens is 233 g/mol. The van der Waals surface area contributed by atoms with E-state index in [9.17, 15) is 18.0 Å². The van der Waals surface area contributed by atoms with Crippen LogP contribution in [0.15, 0.2) is 0 Å². The van der Waals surface area contributed by atoms with Crippen molar-refractivity contribution in [2.24, 2.45) is 5.41 Å². The third kappa shape index (κ3) is 4.93. The molecule has 1 aliphatic carbocycles. The van der Waals surface area contributed by atoms with Crippen molar-refractivity contribution in [3.8, 4) is 0 Å². The maximum Gasteiger partial charge on any atom is 0.405 e. The molecule has 0 saturated heterocycles. The molecule has 1 fully saturated rings. The Morgan fingerprint density at radius 2 is 2.00 bits per heavy atom. The molecular formula is C11H19F3N2O. The Morgan fingerprint density at radius 3 is 2.41 bits per heavy atom. The van der Waals surface area contributed by atoms with Crippen LogP contribution in [0.25, 0.3) is 0 Å². The van der Waals surface area contributed by atoms with Crippen molar-refractivity contribution in [2.75, 3.05) is 13.1 Å². The van der Waals surface area contributed by atoms with Gasteiger partial charge in [0.1, 0.15) is 6.54 Å². The molecule has 0 aromatic rings. The van der Waals surface area contributed by atoms with E-state index in [1.54, 1.807) is 6.92 Å². The van der Waals surface area contributed by atoms with E-state index in [1.165, 1.54) is 6.42 Å². The monoisotopic (exact) mass is 252 g/mol. The fourth-order valence-electron chi connectivity index (χ4n) is 1.79. The van der Waals surface area contributed by atoms with E-state index < -0.39 is 24.7 Å². The molecule has 0 heterocycles. The van der Waals surface area contributed by atoms with Crippen LogP contribution in [-0.2, 0) is 4.79 Å². The molecule has 1 amide bonds. The predicted molar refractivity (Wildman–Crippen MR) is 58.5 cm³/mol. The van der Waals surface area contributed by atoms with Gasteiger partial charge >= 0.3 is 6.18 Å². The Bertz CT molecular complexity index is 274. The quantitative estimate of drug-likeness (QED) is 0.783. The molecule has 0 radical (unpaired) electrons. The summed E-state index contributed by atoms with van der Waals surface area (Å²) in [6.45, 7) is 3.10. The van der Waals surface area contributed by atoms with Crippen molar-refractivity contribution in [3.63, 3.8) is 0 Å². The van der Waals surface area contributed by atoms with Gasteiger partial charge in [-0.1, -0.05) is 13.3 Å². The zero-order chi connectivity index (χ0) is 13.1. The lowest BCUT2D eigenvalue weighted by molar-refractivity contribution is -0.139. The Kier molecular flexibility index (Phi) is 4.41. The van der Waals surface area contributed by atoms with Gasteiger partial charge in [0, 0.05) is 6.54 Å². The second-order valence-electron chi connectivity index (χ2n) is 5.10. The van der Waals surface area contributed by atoms with E-state index in [4.69, 9.17) is 0 Å². The highest BCUT2D eigenvalue weighted by molar-refractivity contribution is 5.81. The predicted octanol–water partition coefficient (Wildman–Crippen LogP) is 1.83. The standard InChI is InChI=1S/C11H19F3N2O/c1-8(9(17)16-7-11(12,13)14)15-6-10(2)4-3-5-10/h8,15H,3-7H2,1-2H3,(H,16,17). The third-order valence-corrected chi connectivity index (χ3v) is 3.25. The molecule has 1 unspecified atom stereocenters. The van der Waals surface area contributed by atoms with E-state index in [2.05, 4.69) is 12.2 Å². The minimum atomic E-state index is -4.35. The van der Waals surface area contributed by atoms with E-state index in [1.807, 2.05) is 5.32 Å². The van der Waals surface area contributed by atoms with E-state index >= 15 is 0 Å². The third-order valence-electron chi connectivity index (χ3n) is 3.25. The summed E-state index contributed by atoms with van der Waals surface area (Å²) in [6, 6.07) is -0.588. The van der Waals surface area contributed by atoms with Crippen molar-refractivity contribution in [3.05, 3.63) is 0 Å². The first kappa shape index (κ1) is 14.3. The van der Waals surface area contributed by atoms with Gasteiger partial charge in [0.05, 0.1) is 6.04 Å². The maximum absolute atomic E-state index is 11.9. The molecule has 17 heavy (non-hydrogen) atoms. The van der Waals surface area contributed by atoms with Gasteiger partial charge in [0.25, 0.3) is 0 Å². The molecule has 0 aromatic carbocycles. The van der Waals surface area contributed by atoms with Gasteiger partial charge in [-0.05, 0) is 25.2 Å². The smallest absolute Gasteiger partial charge is 0.346 e. The number of nitrogens with one attached hydrogen (secondary N) is 2. The largest absolute Gasteiger partial charge is 0.405 e.